The van der Waals surface area contributed by atoms with E-state index in [1.807, 2.05) is 0 Å². The highest BCUT2D eigenvalue weighted by molar-refractivity contribution is 6.03. The van der Waals surface area contributed by atoms with Crippen molar-refractivity contribution < 1.29 is 9.59 Å². The van der Waals surface area contributed by atoms with E-state index in [1.54, 1.807) is 24.3 Å². The molecule has 0 atom stereocenters. The Kier molecular flexibility index (Phi) is 4.93. The second-order valence-corrected chi connectivity index (χ2v) is 5.30. The third-order valence-corrected chi connectivity index (χ3v) is 3.42. The van der Waals surface area contributed by atoms with Crippen LogP contribution in [-0.2, 0) is 18.9 Å². The Hall–Kier alpha value is -3.22. The summed E-state index contributed by atoms with van der Waals surface area (Å²) in [5.41, 5.74) is 0.255. The molecule has 1 amide bonds. The van der Waals surface area contributed by atoms with Crippen molar-refractivity contribution >= 4 is 23.5 Å². The van der Waals surface area contributed by atoms with Crippen LogP contribution in [0.3, 0.4) is 0 Å². The molecule has 0 saturated carbocycles. The van der Waals surface area contributed by atoms with Gasteiger partial charge in [0.15, 0.2) is 5.78 Å². The van der Waals surface area contributed by atoms with Gasteiger partial charge in [-0.1, -0.05) is 12.1 Å². The fraction of sp³-hybridized carbons (Fsp3) is 0.176. The molecule has 1 aromatic carbocycles. The molecule has 0 fully saturated rings. The maximum atomic E-state index is 12.0. The van der Waals surface area contributed by atoms with Crippen LogP contribution in [0.1, 0.15) is 22.8 Å². The number of amides is 1. The number of ketones is 1. The van der Waals surface area contributed by atoms with Crippen molar-refractivity contribution in [3.05, 3.63) is 68.5 Å². The highest BCUT2D eigenvalue weighted by Gasteiger charge is 2.05. The molecule has 2 aromatic rings. The van der Waals surface area contributed by atoms with Gasteiger partial charge in [-0.15, -0.1) is 0 Å². The molecule has 0 saturated heterocycles. The largest absolute Gasteiger partial charge is 0.330 e. The lowest BCUT2D eigenvalue weighted by Crippen LogP contribution is -2.37. The van der Waals surface area contributed by atoms with E-state index in [1.165, 1.54) is 43.9 Å². The molecule has 0 spiro atoms. The highest BCUT2D eigenvalue weighted by Crippen LogP contribution is 2.11. The minimum atomic E-state index is -0.485. The monoisotopic (exact) mass is 327 g/mol. The van der Waals surface area contributed by atoms with Crippen LogP contribution < -0.4 is 16.6 Å². The predicted octanol–water partition coefficient (Wildman–Crippen LogP) is 0.938. The van der Waals surface area contributed by atoms with Crippen molar-refractivity contribution in [1.29, 1.82) is 0 Å². The standard InChI is InChI=1S/C17H17N3O4/c1-11(21)12-5-4-6-14(9-12)18-15(22)8-7-13-10-19(2)17(24)20(3)16(13)23/h4-10H,1-3H3,(H,18,22)/b8-7+. The van der Waals surface area contributed by atoms with E-state index < -0.39 is 17.2 Å². The summed E-state index contributed by atoms with van der Waals surface area (Å²) in [4.78, 5) is 46.9. The maximum Gasteiger partial charge on any atom is 0.330 e. The van der Waals surface area contributed by atoms with E-state index in [-0.39, 0.29) is 11.3 Å². The van der Waals surface area contributed by atoms with Crippen LogP contribution in [0.2, 0.25) is 0 Å². The minimum Gasteiger partial charge on any atom is -0.322 e. The van der Waals surface area contributed by atoms with Gasteiger partial charge in [0.1, 0.15) is 0 Å². The van der Waals surface area contributed by atoms with Crippen LogP contribution in [0.15, 0.2) is 46.1 Å². The van der Waals surface area contributed by atoms with Gasteiger partial charge in [0.25, 0.3) is 5.56 Å². The average molecular weight is 327 g/mol. The smallest absolute Gasteiger partial charge is 0.322 e. The first-order chi connectivity index (χ1) is 11.3. The number of carbonyl (C=O) groups excluding carboxylic acids is 2. The number of hydrogen-bond acceptors (Lipinski definition) is 4. The Morgan fingerprint density at radius 2 is 1.88 bits per heavy atom. The topological polar surface area (TPSA) is 90.2 Å². The number of anilines is 1. The van der Waals surface area contributed by atoms with Crippen LogP contribution in [0, 0.1) is 0 Å². The maximum absolute atomic E-state index is 12.0. The number of hydrogen-bond donors (Lipinski definition) is 1. The van der Waals surface area contributed by atoms with E-state index >= 15 is 0 Å². The molecule has 0 radical (unpaired) electrons. The van der Waals surface area contributed by atoms with E-state index in [0.29, 0.717) is 11.3 Å². The zero-order chi connectivity index (χ0) is 17.9. The zero-order valence-corrected chi connectivity index (χ0v) is 13.6. The second-order valence-electron chi connectivity index (χ2n) is 5.30. The zero-order valence-electron chi connectivity index (χ0n) is 13.6. The summed E-state index contributed by atoms with van der Waals surface area (Å²) in [5.74, 6) is -0.554. The number of aryl methyl sites for hydroxylation is 1. The first-order valence-electron chi connectivity index (χ1n) is 7.16. The summed E-state index contributed by atoms with van der Waals surface area (Å²) in [6.07, 6.45) is 3.90. The molecule has 1 heterocycles. The molecule has 2 rings (SSSR count). The molecular formula is C17H17N3O4. The number of nitrogens with zero attached hydrogens (tertiary/aromatic N) is 2. The van der Waals surface area contributed by atoms with Gasteiger partial charge in [0.2, 0.25) is 5.91 Å². The predicted molar refractivity (Wildman–Crippen MR) is 91.0 cm³/mol. The van der Waals surface area contributed by atoms with Gasteiger partial charge in [0.05, 0.1) is 5.56 Å². The van der Waals surface area contributed by atoms with Crippen molar-refractivity contribution in [1.82, 2.24) is 9.13 Å². The first-order valence-corrected chi connectivity index (χ1v) is 7.16. The number of rotatable bonds is 4. The van der Waals surface area contributed by atoms with Gasteiger partial charge >= 0.3 is 5.69 Å². The Labute approximate surface area is 137 Å². The van der Waals surface area contributed by atoms with Gasteiger partial charge in [-0.05, 0) is 25.1 Å². The normalized spacial score (nSPS) is 10.8. The van der Waals surface area contributed by atoms with Crippen LogP contribution >= 0.6 is 0 Å². The second kappa shape index (κ2) is 6.91. The first kappa shape index (κ1) is 17.1. The Balaban J connectivity index is 2.20. The van der Waals surface area contributed by atoms with Gasteiger partial charge in [0, 0.05) is 37.6 Å². The molecule has 0 aliphatic carbocycles. The van der Waals surface area contributed by atoms with E-state index in [2.05, 4.69) is 5.32 Å². The Morgan fingerprint density at radius 1 is 1.17 bits per heavy atom. The van der Waals surface area contributed by atoms with Crippen LogP contribution in [0.4, 0.5) is 5.69 Å². The average Bonchev–Trinajstić information content (AvgIpc) is 2.55. The highest BCUT2D eigenvalue weighted by atomic mass is 16.2. The van der Waals surface area contributed by atoms with Crippen molar-refractivity contribution in [2.24, 2.45) is 14.1 Å². The lowest BCUT2D eigenvalue weighted by Gasteiger charge is -2.04. The lowest BCUT2D eigenvalue weighted by atomic mass is 10.1. The van der Waals surface area contributed by atoms with Gasteiger partial charge in [-0.2, -0.15) is 0 Å². The fourth-order valence-electron chi connectivity index (χ4n) is 2.12. The van der Waals surface area contributed by atoms with Crippen LogP contribution in [0.25, 0.3) is 6.08 Å². The number of benzene rings is 1. The number of aromatic nitrogens is 2. The van der Waals surface area contributed by atoms with E-state index in [9.17, 15) is 19.2 Å². The summed E-state index contributed by atoms with van der Waals surface area (Å²) in [5, 5.41) is 2.61. The van der Waals surface area contributed by atoms with Crippen LogP contribution in [-0.4, -0.2) is 20.8 Å². The number of carbonyl (C=O) groups is 2. The quantitative estimate of drug-likeness (QED) is 0.668. The Bertz CT molecular complexity index is 951. The molecule has 7 heteroatoms. The van der Waals surface area contributed by atoms with E-state index in [4.69, 9.17) is 0 Å². The fourth-order valence-corrected chi connectivity index (χ4v) is 2.12. The molecule has 0 unspecified atom stereocenters. The van der Waals surface area contributed by atoms with Crippen molar-refractivity contribution in [2.75, 3.05) is 5.32 Å². The summed E-state index contributed by atoms with van der Waals surface area (Å²) in [6.45, 7) is 1.44. The van der Waals surface area contributed by atoms with Crippen molar-refractivity contribution in [3.8, 4) is 0 Å². The van der Waals surface area contributed by atoms with Crippen molar-refractivity contribution in [2.45, 2.75) is 6.92 Å². The minimum absolute atomic E-state index is 0.102. The SMILES string of the molecule is CC(=O)c1cccc(NC(=O)/C=C/c2cn(C)c(=O)n(C)c2=O)c1. The molecule has 24 heavy (non-hydrogen) atoms. The molecule has 0 aliphatic heterocycles. The lowest BCUT2D eigenvalue weighted by molar-refractivity contribution is -0.111. The van der Waals surface area contributed by atoms with E-state index in [0.717, 1.165) is 4.57 Å². The molecule has 7 nitrogen and oxygen atoms in total. The van der Waals surface area contributed by atoms with Gasteiger partial charge < -0.3 is 9.88 Å². The molecular weight excluding hydrogens is 310 g/mol. The number of Topliss-reactive ketones (excluding diaryl/α,β-unsaturated/α-hetero) is 1. The summed E-state index contributed by atoms with van der Waals surface area (Å²) in [7, 11) is 2.89. The summed E-state index contributed by atoms with van der Waals surface area (Å²) in [6, 6.07) is 6.55. The van der Waals surface area contributed by atoms with Gasteiger partial charge in [-0.3, -0.25) is 19.0 Å². The third kappa shape index (κ3) is 3.75. The molecule has 124 valence electrons. The Morgan fingerprint density at radius 3 is 2.54 bits per heavy atom. The molecule has 1 N–H and O–H groups in total. The number of nitrogens with one attached hydrogen (secondary N) is 1. The summed E-state index contributed by atoms with van der Waals surface area (Å²) < 4.78 is 2.23. The van der Waals surface area contributed by atoms with Crippen LogP contribution in [0.5, 0.6) is 0 Å². The molecule has 0 aliphatic rings. The molecule has 0 bridgehead atoms. The third-order valence-electron chi connectivity index (χ3n) is 3.42. The van der Waals surface area contributed by atoms with Crippen molar-refractivity contribution in [3.63, 3.8) is 0 Å². The molecule has 1 aromatic heterocycles. The van der Waals surface area contributed by atoms with Gasteiger partial charge in [-0.25, -0.2) is 4.79 Å². The summed E-state index contributed by atoms with van der Waals surface area (Å²) >= 11 is 0.